The average molecular weight is 312 g/mol. The molecule has 0 saturated heterocycles. The normalized spacial score (nSPS) is 12.4. The molecule has 0 amide bonds. The van der Waals surface area contributed by atoms with Crippen molar-refractivity contribution < 1.29 is 9.15 Å². The fraction of sp³-hybridized carbons (Fsp3) is 0.333. The lowest BCUT2D eigenvalue weighted by atomic mass is 10.1. The SMILES string of the molecule is CC(CCCCOc1nc2ccccc2c(=O)o1)n1cccc1. The molecule has 5 heteroatoms. The third-order valence-corrected chi connectivity index (χ3v) is 3.89. The van der Waals surface area contributed by atoms with Gasteiger partial charge in [0.1, 0.15) is 0 Å². The van der Waals surface area contributed by atoms with Gasteiger partial charge in [0, 0.05) is 18.4 Å². The summed E-state index contributed by atoms with van der Waals surface area (Å²) in [6.45, 7) is 2.69. The predicted molar refractivity (Wildman–Crippen MR) is 88.8 cm³/mol. The smallest absolute Gasteiger partial charge is 0.397 e. The maximum Gasteiger partial charge on any atom is 0.397 e. The monoisotopic (exact) mass is 312 g/mol. The van der Waals surface area contributed by atoms with Crippen molar-refractivity contribution in [3.05, 3.63) is 59.2 Å². The Kier molecular flexibility index (Phi) is 4.76. The van der Waals surface area contributed by atoms with Crippen molar-refractivity contribution in [1.29, 1.82) is 0 Å². The summed E-state index contributed by atoms with van der Waals surface area (Å²) in [5.41, 5.74) is 0.187. The summed E-state index contributed by atoms with van der Waals surface area (Å²) in [6.07, 6.45) is 7.21. The molecule has 1 aromatic carbocycles. The summed E-state index contributed by atoms with van der Waals surface area (Å²) >= 11 is 0. The van der Waals surface area contributed by atoms with Crippen LogP contribution in [0.5, 0.6) is 6.08 Å². The Labute approximate surface area is 134 Å². The van der Waals surface area contributed by atoms with Gasteiger partial charge in [-0.25, -0.2) is 4.79 Å². The molecule has 0 bridgehead atoms. The number of nitrogens with zero attached hydrogens (tertiary/aromatic N) is 2. The van der Waals surface area contributed by atoms with Crippen LogP contribution in [0.25, 0.3) is 10.9 Å². The molecule has 0 saturated carbocycles. The van der Waals surface area contributed by atoms with E-state index in [0.717, 1.165) is 19.3 Å². The highest BCUT2D eigenvalue weighted by molar-refractivity contribution is 5.76. The van der Waals surface area contributed by atoms with Gasteiger partial charge in [-0.05, 0) is 50.5 Å². The Balaban J connectivity index is 1.48. The van der Waals surface area contributed by atoms with Crippen LogP contribution in [0.3, 0.4) is 0 Å². The summed E-state index contributed by atoms with van der Waals surface area (Å²) in [6, 6.07) is 11.6. The summed E-state index contributed by atoms with van der Waals surface area (Å²) in [5.74, 6) is 0. The third kappa shape index (κ3) is 3.80. The van der Waals surface area contributed by atoms with Crippen LogP contribution < -0.4 is 10.4 Å². The minimum atomic E-state index is -0.410. The summed E-state index contributed by atoms with van der Waals surface area (Å²) < 4.78 is 12.8. The molecule has 23 heavy (non-hydrogen) atoms. The summed E-state index contributed by atoms with van der Waals surface area (Å²) in [7, 11) is 0. The van der Waals surface area contributed by atoms with Crippen LogP contribution in [0, 0.1) is 0 Å². The van der Waals surface area contributed by atoms with Crippen molar-refractivity contribution in [1.82, 2.24) is 9.55 Å². The molecule has 0 spiro atoms. The number of unbranched alkanes of at least 4 members (excludes halogenated alkanes) is 1. The van der Waals surface area contributed by atoms with Crippen LogP contribution in [0.2, 0.25) is 0 Å². The zero-order valence-corrected chi connectivity index (χ0v) is 13.1. The number of para-hydroxylation sites is 1. The Hall–Kier alpha value is -2.56. The van der Waals surface area contributed by atoms with Gasteiger partial charge in [-0.3, -0.25) is 0 Å². The van der Waals surface area contributed by atoms with Gasteiger partial charge in [0.2, 0.25) is 0 Å². The number of ether oxygens (including phenoxy) is 1. The first kappa shape index (κ1) is 15.3. The lowest BCUT2D eigenvalue weighted by molar-refractivity contribution is 0.210. The molecule has 0 aliphatic rings. The van der Waals surface area contributed by atoms with Gasteiger partial charge in [-0.2, -0.15) is 4.98 Å². The highest BCUT2D eigenvalue weighted by Crippen LogP contribution is 2.15. The number of hydrogen-bond donors (Lipinski definition) is 0. The first-order valence-corrected chi connectivity index (χ1v) is 7.89. The van der Waals surface area contributed by atoms with E-state index in [-0.39, 0.29) is 6.08 Å². The largest absolute Gasteiger partial charge is 0.450 e. The van der Waals surface area contributed by atoms with Gasteiger partial charge < -0.3 is 13.7 Å². The number of hydrogen-bond acceptors (Lipinski definition) is 4. The second kappa shape index (κ2) is 7.13. The lowest BCUT2D eigenvalue weighted by Gasteiger charge is -2.13. The van der Waals surface area contributed by atoms with Crippen LogP contribution in [-0.2, 0) is 0 Å². The van der Waals surface area contributed by atoms with E-state index in [1.165, 1.54) is 0 Å². The van der Waals surface area contributed by atoms with Crippen molar-refractivity contribution in [2.45, 2.75) is 32.2 Å². The van der Waals surface area contributed by atoms with Crippen LogP contribution >= 0.6 is 0 Å². The Morgan fingerprint density at radius 2 is 1.96 bits per heavy atom. The van der Waals surface area contributed by atoms with Crippen molar-refractivity contribution in [3.63, 3.8) is 0 Å². The number of rotatable bonds is 7. The fourth-order valence-electron chi connectivity index (χ4n) is 2.55. The molecule has 0 aliphatic carbocycles. The number of aromatic nitrogens is 2. The first-order chi connectivity index (χ1) is 11.2. The Morgan fingerprint density at radius 1 is 1.17 bits per heavy atom. The van der Waals surface area contributed by atoms with Crippen molar-refractivity contribution >= 4 is 10.9 Å². The molecular weight excluding hydrogens is 292 g/mol. The third-order valence-electron chi connectivity index (χ3n) is 3.89. The molecular formula is C18H20N2O3. The standard InChI is InChI=1S/C18H20N2O3/c1-14(20-11-5-6-12-20)8-4-7-13-22-18-19-16-10-3-2-9-15(16)17(21)23-18/h2-3,5-6,9-12,14H,4,7-8,13H2,1H3. The minimum Gasteiger partial charge on any atom is -0.450 e. The Morgan fingerprint density at radius 3 is 2.78 bits per heavy atom. The maximum absolute atomic E-state index is 11.8. The molecule has 0 N–H and O–H groups in total. The lowest BCUT2D eigenvalue weighted by Crippen LogP contribution is -2.07. The van der Waals surface area contributed by atoms with E-state index in [1.54, 1.807) is 18.2 Å². The van der Waals surface area contributed by atoms with E-state index < -0.39 is 5.63 Å². The van der Waals surface area contributed by atoms with E-state index in [4.69, 9.17) is 9.15 Å². The molecule has 2 heterocycles. The Bertz CT molecular complexity index is 808. The van der Waals surface area contributed by atoms with Gasteiger partial charge in [-0.15, -0.1) is 0 Å². The van der Waals surface area contributed by atoms with Crippen LogP contribution in [0.4, 0.5) is 0 Å². The van der Waals surface area contributed by atoms with Gasteiger partial charge in [0.25, 0.3) is 0 Å². The molecule has 5 nitrogen and oxygen atoms in total. The van der Waals surface area contributed by atoms with Gasteiger partial charge >= 0.3 is 11.7 Å². The second-order valence-corrected chi connectivity index (χ2v) is 5.61. The van der Waals surface area contributed by atoms with Crippen LogP contribution in [0.1, 0.15) is 32.2 Å². The van der Waals surface area contributed by atoms with E-state index in [9.17, 15) is 4.79 Å². The molecule has 3 rings (SSSR count). The summed E-state index contributed by atoms with van der Waals surface area (Å²) in [4.78, 5) is 16.0. The predicted octanol–water partition coefficient (Wildman–Crippen LogP) is 3.80. The molecule has 1 atom stereocenters. The quantitative estimate of drug-likeness (QED) is 0.623. The second-order valence-electron chi connectivity index (χ2n) is 5.61. The molecule has 2 aromatic heterocycles. The van der Waals surface area contributed by atoms with Crippen LogP contribution in [0.15, 0.2) is 58.0 Å². The van der Waals surface area contributed by atoms with Gasteiger partial charge in [-0.1, -0.05) is 12.1 Å². The molecule has 0 radical (unpaired) electrons. The zero-order valence-electron chi connectivity index (χ0n) is 13.1. The highest BCUT2D eigenvalue weighted by Gasteiger charge is 2.07. The molecule has 1 unspecified atom stereocenters. The minimum absolute atomic E-state index is 0.0483. The topological polar surface area (TPSA) is 57.3 Å². The summed E-state index contributed by atoms with van der Waals surface area (Å²) in [5, 5.41) is 0.473. The fourth-order valence-corrected chi connectivity index (χ4v) is 2.55. The average Bonchev–Trinajstić information content (AvgIpc) is 3.09. The molecule has 120 valence electrons. The molecule has 0 fully saturated rings. The van der Waals surface area contributed by atoms with E-state index in [1.807, 2.05) is 18.2 Å². The highest BCUT2D eigenvalue weighted by atomic mass is 16.6. The van der Waals surface area contributed by atoms with Crippen molar-refractivity contribution in [2.24, 2.45) is 0 Å². The van der Waals surface area contributed by atoms with E-state index in [0.29, 0.717) is 23.6 Å². The van der Waals surface area contributed by atoms with Gasteiger partial charge in [0.05, 0.1) is 17.5 Å². The van der Waals surface area contributed by atoms with Crippen molar-refractivity contribution in [3.8, 4) is 6.08 Å². The molecule has 0 aliphatic heterocycles. The van der Waals surface area contributed by atoms with E-state index >= 15 is 0 Å². The van der Waals surface area contributed by atoms with Gasteiger partial charge in [0.15, 0.2) is 0 Å². The van der Waals surface area contributed by atoms with Crippen LogP contribution in [-0.4, -0.2) is 16.2 Å². The zero-order chi connectivity index (χ0) is 16.1. The van der Waals surface area contributed by atoms with Crippen molar-refractivity contribution in [2.75, 3.05) is 6.61 Å². The number of benzene rings is 1. The first-order valence-electron chi connectivity index (χ1n) is 7.89. The molecule has 3 aromatic rings. The van der Waals surface area contributed by atoms with E-state index in [2.05, 4.69) is 28.9 Å². The number of fused-ring (bicyclic) bond motifs is 1. The maximum atomic E-state index is 11.8.